The minimum Gasteiger partial charge on any atom is -0.497 e. The molecule has 0 saturated carbocycles. The number of piperidine rings is 1. The van der Waals surface area contributed by atoms with Crippen LogP contribution in [0.3, 0.4) is 0 Å². The minimum atomic E-state index is -0.422. The Labute approximate surface area is 196 Å². The third-order valence-electron chi connectivity index (χ3n) is 6.98. The van der Waals surface area contributed by atoms with Gasteiger partial charge >= 0.3 is 5.63 Å². The number of methoxy groups -OCH3 is 1. The Morgan fingerprint density at radius 3 is 2.82 bits per heavy atom. The van der Waals surface area contributed by atoms with Gasteiger partial charge < -0.3 is 14.1 Å². The molecule has 1 atom stereocenters. The maximum absolute atomic E-state index is 13.0. The summed E-state index contributed by atoms with van der Waals surface area (Å²) in [4.78, 5) is 27.8. The van der Waals surface area contributed by atoms with Crippen LogP contribution in [0.1, 0.15) is 43.0 Å². The standard InChI is InChI=1S/C26H27N3O3S/c1-15-6-9-18-21(12-15)33-25-22(18)24(29-10-4-3-5-11-29)27-23(28-25)19-13-16-7-8-17(31-2)14-20(16)32-26(19)30/h7-8,13-15H,3-6,9-12H2,1-2H3/t15-/m0/s1. The first-order chi connectivity index (χ1) is 16.1. The fraction of sp³-hybridized carbons (Fsp3) is 0.423. The van der Waals surface area contributed by atoms with Crippen molar-refractivity contribution in [1.82, 2.24) is 9.97 Å². The van der Waals surface area contributed by atoms with Gasteiger partial charge in [0, 0.05) is 29.4 Å². The van der Waals surface area contributed by atoms with E-state index in [4.69, 9.17) is 19.1 Å². The van der Waals surface area contributed by atoms with Crippen molar-refractivity contribution in [3.05, 3.63) is 45.1 Å². The number of anilines is 1. The predicted molar refractivity (Wildman–Crippen MR) is 133 cm³/mol. The largest absolute Gasteiger partial charge is 0.497 e. The van der Waals surface area contributed by atoms with Crippen molar-refractivity contribution in [2.75, 3.05) is 25.1 Å². The Morgan fingerprint density at radius 1 is 1.15 bits per heavy atom. The van der Waals surface area contributed by atoms with E-state index in [0.29, 0.717) is 28.6 Å². The summed E-state index contributed by atoms with van der Waals surface area (Å²) in [7, 11) is 1.60. The molecule has 3 aromatic heterocycles. The molecule has 1 aliphatic heterocycles. The number of thiophene rings is 1. The summed E-state index contributed by atoms with van der Waals surface area (Å²) >= 11 is 1.78. The molecule has 7 heteroatoms. The van der Waals surface area contributed by atoms with Gasteiger partial charge in [-0.3, -0.25) is 0 Å². The van der Waals surface area contributed by atoms with Crippen LogP contribution in [-0.4, -0.2) is 30.2 Å². The number of aromatic nitrogens is 2. The van der Waals surface area contributed by atoms with E-state index in [1.165, 1.54) is 41.5 Å². The second kappa shape index (κ2) is 8.13. The van der Waals surface area contributed by atoms with Crippen molar-refractivity contribution in [3.8, 4) is 17.1 Å². The van der Waals surface area contributed by atoms with E-state index >= 15 is 0 Å². The van der Waals surface area contributed by atoms with E-state index in [-0.39, 0.29) is 0 Å². The van der Waals surface area contributed by atoms with Crippen molar-refractivity contribution in [1.29, 1.82) is 0 Å². The highest BCUT2D eigenvalue weighted by Gasteiger charge is 2.27. The van der Waals surface area contributed by atoms with Crippen molar-refractivity contribution < 1.29 is 9.15 Å². The zero-order valence-electron chi connectivity index (χ0n) is 19.0. The number of benzene rings is 1. The normalized spacial score (nSPS) is 18.6. The van der Waals surface area contributed by atoms with Crippen molar-refractivity contribution >= 4 is 38.3 Å². The number of aryl methyl sites for hydroxylation is 1. The molecule has 6 rings (SSSR count). The Morgan fingerprint density at radius 2 is 2.00 bits per heavy atom. The minimum absolute atomic E-state index is 0.410. The lowest BCUT2D eigenvalue weighted by molar-refractivity contribution is 0.414. The summed E-state index contributed by atoms with van der Waals surface area (Å²) in [6.45, 7) is 4.32. The first-order valence-electron chi connectivity index (χ1n) is 11.8. The Bertz CT molecular complexity index is 1420. The molecule has 0 N–H and O–H groups in total. The van der Waals surface area contributed by atoms with Crippen LogP contribution in [0.5, 0.6) is 5.75 Å². The predicted octanol–water partition coefficient (Wildman–Crippen LogP) is 5.59. The summed E-state index contributed by atoms with van der Waals surface area (Å²) in [5, 5.41) is 2.04. The molecule has 1 saturated heterocycles. The van der Waals surface area contributed by atoms with E-state index in [2.05, 4.69) is 11.8 Å². The van der Waals surface area contributed by atoms with E-state index in [0.717, 1.165) is 42.0 Å². The summed E-state index contributed by atoms with van der Waals surface area (Å²) in [5.74, 6) is 2.81. The third kappa shape index (κ3) is 3.59. The zero-order valence-corrected chi connectivity index (χ0v) is 19.8. The van der Waals surface area contributed by atoms with E-state index < -0.39 is 5.63 Å². The molecule has 170 valence electrons. The van der Waals surface area contributed by atoms with Gasteiger partial charge in [0.1, 0.15) is 27.5 Å². The second-order valence-corrected chi connectivity index (χ2v) is 10.4. The van der Waals surface area contributed by atoms with Gasteiger partial charge in [0.2, 0.25) is 0 Å². The van der Waals surface area contributed by atoms with E-state index in [1.54, 1.807) is 24.5 Å². The van der Waals surface area contributed by atoms with Crippen molar-refractivity contribution in [2.45, 2.75) is 45.4 Å². The number of fused-ring (bicyclic) bond motifs is 4. The zero-order chi connectivity index (χ0) is 22.5. The molecule has 1 aliphatic carbocycles. The molecule has 1 fully saturated rings. The number of hydrogen-bond donors (Lipinski definition) is 0. The molecular formula is C26H27N3O3S. The average Bonchev–Trinajstić information content (AvgIpc) is 3.20. The molecule has 33 heavy (non-hydrogen) atoms. The smallest absolute Gasteiger partial charge is 0.347 e. The number of nitrogens with zero attached hydrogens (tertiary/aromatic N) is 3. The lowest BCUT2D eigenvalue weighted by Crippen LogP contribution is -2.30. The molecule has 0 spiro atoms. The maximum Gasteiger partial charge on any atom is 0.347 e. The quantitative estimate of drug-likeness (QED) is 0.371. The van der Waals surface area contributed by atoms with Gasteiger partial charge in [-0.15, -0.1) is 11.3 Å². The van der Waals surface area contributed by atoms with Crippen LogP contribution in [0.4, 0.5) is 5.82 Å². The van der Waals surface area contributed by atoms with Crippen LogP contribution in [0.25, 0.3) is 32.6 Å². The summed E-state index contributed by atoms with van der Waals surface area (Å²) in [6.07, 6.45) is 6.99. The van der Waals surface area contributed by atoms with Crippen LogP contribution >= 0.6 is 11.3 Å². The SMILES string of the molecule is COc1ccc2cc(-c3nc(N4CCCCC4)c4c5c(sc4n3)C[C@@H](C)CC5)c(=O)oc2c1. The molecule has 4 aromatic rings. The van der Waals surface area contributed by atoms with Gasteiger partial charge in [-0.05, 0) is 68.2 Å². The molecule has 0 amide bonds. The number of rotatable bonds is 3. The van der Waals surface area contributed by atoms with Crippen LogP contribution < -0.4 is 15.3 Å². The van der Waals surface area contributed by atoms with Gasteiger partial charge in [0.05, 0.1) is 12.5 Å². The summed E-state index contributed by atoms with van der Waals surface area (Å²) in [6, 6.07) is 7.34. The van der Waals surface area contributed by atoms with Crippen molar-refractivity contribution in [3.63, 3.8) is 0 Å². The van der Waals surface area contributed by atoms with Gasteiger partial charge in [-0.25, -0.2) is 14.8 Å². The third-order valence-corrected chi connectivity index (χ3v) is 8.12. The molecule has 0 unspecified atom stereocenters. The summed E-state index contributed by atoms with van der Waals surface area (Å²) < 4.78 is 10.9. The average molecular weight is 462 g/mol. The highest BCUT2D eigenvalue weighted by molar-refractivity contribution is 7.19. The van der Waals surface area contributed by atoms with E-state index in [1.807, 2.05) is 18.2 Å². The van der Waals surface area contributed by atoms with E-state index in [9.17, 15) is 4.79 Å². The van der Waals surface area contributed by atoms with Gasteiger partial charge in [-0.1, -0.05) is 6.92 Å². The van der Waals surface area contributed by atoms with Crippen LogP contribution in [0, 0.1) is 5.92 Å². The molecule has 0 bridgehead atoms. The lowest BCUT2D eigenvalue weighted by Gasteiger charge is -2.29. The van der Waals surface area contributed by atoms with Crippen LogP contribution in [0.2, 0.25) is 0 Å². The highest BCUT2D eigenvalue weighted by atomic mass is 32.1. The Hall–Kier alpha value is -2.93. The van der Waals surface area contributed by atoms with Gasteiger partial charge in [-0.2, -0.15) is 0 Å². The first-order valence-corrected chi connectivity index (χ1v) is 12.6. The second-order valence-electron chi connectivity index (χ2n) is 9.30. The topological polar surface area (TPSA) is 68.5 Å². The van der Waals surface area contributed by atoms with Gasteiger partial charge in [0.25, 0.3) is 0 Å². The fourth-order valence-corrected chi connectivity index (χ4v) is 6.53. The molecule has 1 aromatic carbocycles. The molecular weight excluding hydrogens is 434 g/mol. The number of hydrogen-bond acceptors (Lipinski definition) is 7. The molecule has 6 nitrogen and oxygen atoms in total. The Balaban J connectivity index is 1.56. The fourth-order valence-electron chi connectivity index (χ4n) is 5.15. The monoisotopic (exact) mass is 461 g/mol. The molecule has 2 aliphatic rings. The van der Waals surface area contributed by atoms with Gasteiger partial charge in [0.15, 0.2) is 5.82 Å². The maximum atomic E-state index is 13.0. The first kappa shape index (κ1) is 20.7. The summed E-state index contributed by atoms with van der Waals surface area (Å²) in [5.41, 5.74) is 1.92. The van der Waals surface area contributed by atoms with Crippen molar-refractivity contribution in [2.24, 2.45) is 5.92 Å². The molecule has 0 radical (unpaired) electrons. The van der Waals surface area contributed by atoms with Crippen LogP contribution in [0.15, 0.2) is 33.5 Å². The number of ether oxygens (including phenoxy) is 1. The highest BCUT2D eigenvalue weighted by Crippen LogP contribution is 2.42. The lowest BCUT2D eigenvalue weighted by atomic mass is 9.89. The molecule has 4 heterocycles. The Kier molecular flexibility index (Phi) is 5.09. The van der Waals surface area contributed by atoms with Crippen LogP contribution in [-0.2, 0) is 12.8 Å².